The molecule has 0 saturated heterocycles. The summed E-state index contributed by atoms with van der Waals surface area (Å²) in [6, 6.07) is 0. The number of rotatable bonds is 4. The van der Waals surface area contributed by atoms with Gasteiger partial charge in [0, 0.05) is 9.75 Å². The predicted molar refractivity (Wildman–Crippen MR) is 107 cm³/mol. The zero-order valence-corrected chi connectivity index (χ0v) is 18.1. The topological polar surface area (TPSA) is 90.4 Å². The van der Waals surface area contributed by atoms with Crippen LogP contribution in [-0.2, 0) is 9.47 Å². The molecule has 9 heteroatoms. The summed E-state index contributed by atoms with van der Waals surface area (Å²) in [5.74, 6) is -0.469. The fraction of sp³-hybridized carbons (Fsp3) is 0.444. The van der Waals surface area contributed by atoms with Crippen LogP contribution >= 0.6 is 22.7 Å². The molecule has 7 nitrogen and oxygen atoms in total. The van der Waals surface area contributed by atoms with Crippen LogP contribution < -0.4 is 5.32 Å². The van der Waals surface area contributed by atoms with Crippen molar-refractivity contribution >= 4 is 40.4 Å². The standard InChI is InChI=1S/C18H23N3O4S2/c1-8-11(19-17(23)25-18(4,5)6)14-20-12(9(2)26-14)15-21-13(10(3)27-15)16(22)24-7/h8H,1-7H3,(H,19,23)/b11-8-. The van der Waals surface area contributed by atoms with E-state index in [0.29, 0.717) is 27.1 Å². The third kappa shape index (κ3) is 5.14. The number of hydrogen-bond acceptors (Lipinski definition) is 8. The number of methoxy groups -OCH3 is 1. The maximum atomic E-state index is 12.1. The van der Waals surface area contributed by atoms with Crippen LogP contribution in [0.2, 0.25) is 0 Å². The van der Waals surface area contributed by atoms with Crippen molar-refractivity contribution in [3.8, 4) is 10.7 Å². The first kappa shape index (κ1) is 21.0. The van der Waals surface area contributed by atoms with Crippen LogP contribution in [0, 0.1) is 13.8 Å². The molecule has 0 bridgehead atoms. The zero-order chi connectivity index (χ0) is 20.4. The molecule has 0 aliphatic rings. The first-order valence-corrected chi connectivity index (χ1v) is 9.89. The molecule has 0 unspecified atom stereocenters. The molecule has 2 aromatic rings. The van der Waals surface area contributed by atoms with Gasteiger partial charge in [0.15, 0.2) is 5.69 Å². The van der Waals surface area contributed by atoms with Crippen molar-refractivity contribution in [2.45, 2.75) is 47.1 Å². The van der Waals surface area contributed by atoms with Crippen LogP contribution in [0.4, 0.5) is 4.79 Å². The van der Waals surface area contributed by atoms with E-state index < -0.39 is 17.7 Å². The monoisotopic (exact) mass is 409 g/mol. The normalized spacial score (nSPS) is 12.0. The number of nitrogens with one attached hydrogen (secondary N) is 1. The van der Waals surface area contributed by atoms with Gasteiger partial charge in [0.05, 0.1) is 12.8 Å². The van der Waals surface area contributed by atoms with E-state index in [1.54, 1.807) is 26.8 Å². The summed E-state index contributed by atoms with van der Waals surface area (Å²) < 4.78 is 10.1. The van der Waals surface area contributed by atoms with E-state index in [1.807, 2.05) is 20.8 Å². The van der Waals surface area contributed by atoms with E-state index >= 15 is 0 Å². The molecule has 0 fully saturated rings. The van der Waals surface area contributed by atoms with Gasteiger partial charge < -0.3 is 9.47 Å². The Kier molecular flexibility index (Phi) is 6.38. The van der Waals surface area contributed by atoms with Gasteiger partial charge in [0.1, 0.15) is 21.3 Å². The van der Waals surface area contributed by atoms with Crippen LogP contribution in [0.15, 0.2) is 6.08 Å². The molecule has 0 aliphatic carbocycles. The number of ether oxygens (including phenoxy) is 2. The van der Waals surface area contributed by atoms with E-state index in [0.717, 1.165) is 9.75 Å². The molecule has 0 atom stereocenters. The van der Waals surface area contributed by atoms with Crippen molar-refractivity contribution in [3.05, 3.63) is 26.5 Å². The Morgan fingerprint density at radius 3 is 2.33 bits per heavy atom. The third-order valence-corrected chi connectivity index (χ3v) is 5.31. The van der Waals surface area contributed by atoms with Gasteiger partial charge in [-0.1, -0.05) is 6.08 Å². The molecule has 1 N–H and O–H groups in total. The quantitative estimate of drug-likeness (QED) is 0.745. The lowest BCUT2D eigenvalue weighted by molar-refractivity contribution is 0.0555. The number of amides is 1. The highest BCUT2D eigenvalue weighted by molar-refractivity contribution is 7.16. The number of carbonyl (C=O) groups is 2. The lowest BCUT2D eigenvalue weighted by atomic mass is 10.2. The summed E-state index contributed by atoms with van der Waals surface area (Å²) >= 11 is 2.81. The van der Waals surface area contributed by atoms with Gasteiger partial charge in [0.2, 0.25) is 0 Å². The average Bonchev–Trinajstić information content (AvgIpc) is 3.13. The highest BCUT2D eigenvalue weighted by Gasteiger charge is 2.22. The lowest BCUT2D eigenvalue weighted by Gasteiger charge is -2.20. The van der Waals surface area contributed by atoms with E-state index in [2.05, 4.69) is 15.3 Å². The van der Waals surface area contributed by atoms with Crippen molar-refractivity contribution in [1.29, 1.82) is 0 Å². The molecule has 2 aromatic heterocycles. The number of hydrogen-bond donors (Lipinski definition) is 1. The minimum Gasteiger partial charge on any atom is -0.464 e. The highest BCUT2D eigenvalue weighted by Crippen LogP contribution is 2.34. The Bertz CT molecular complexity index is 891. The molecule has 2 heterocycles. The number of aromatic nitrogens is 2. The van der Waals surface area contributed by atoms with E-state index in [9.17, 15) is 9.59 Å². The number of esters is 1. The summed E-state index contributed by atoms with van der Waals surface area (Å²) in [5, 5.41) is 4.01. The largest absolute Gasteiger partial charge is 0.464 e. The van der Waals surface area contributed by atoms with Gasteiger partial charge in [-0.15, -0.1) is 22.7 Å². The Balaban J connectivity index is 2.30. The molecule has 0 aliphatic heterocycles. The molecule has 0 radical (unpaired) electrons. The molecule has 2 rings (SSSR count). The number of aryl methyl sites for hydroxylation is 2. The second-order valence-corrected chi connectivity index (χ2v) is 9.07. The molecule has 1 amide bonds. The molecule has 0 saturated carbocycles. The third-order valence-electron chi connectivity index (χ3n) is 3.33. The molecular formula is C18H23N3O4S2. The van der Waals surface area contributed by atoms with Crippen molar-refractivity contribution in [1.82, 2.24) is 15.3 Å². The molecule has 27 heavy (non-hydrogen) atoms. The smallest absolute Gasteiger partial charge is 0.412 e. The Morgan fingerprint density at radius 1 is 1.11 bits per heavy atom. The maximum absolute atomic E-state index is 12.1. The maximum Gasteiger partial charge on any atom is 0.412 e. The van der Waals surface area contributed by atoms with Crippen LogP contribution in [0.3, 0.4) is 0 Å². The first-order chi connectivity index (χ1) is 12.6. The van der Waals surface area contributed by atoms with Crippen molar-refractivity contribution < 1.29 is 19.1 Å². The van der Waals surface area contributed by atoms with Gasteiger partial charge in [-0.2, -0.15) is 0 Å². The average molecular weight is 410 g/mol. The van der Waals surface area contributed by atoms with Gasteiger partial charge >= 0.3 is 12.1 Å². The van der Waals surface area contributed by atoms with Crippen molar-refractivity contribution in [2.24, 2.45) is 0 Å². The van der Waals surface area contributed by atoms with E-state index in [-0.39, 0.29) is 0 Å². The van der Waals surface area contributed by atoms with Gasteiger partial charge in [-0.3, -0.25) is 5.32 Å². The summed E-state index contributed by atoms with van der Waals surface area (Å²) in [7, 11) is 1.33. The summed E-state index contributed by atoms with van der Waals surface area (Å²) in [5.41, 5.74) is 0.952. The minimum atomic E-state index is -0.588. The molecule has 0 aromatic carbocycles. The number of allylic oxidation sites excluding steroid dienone is 1. The minimum absolute atomic E-state index is 0.296. The van der Waals surface area contributed by atoms with Crippen LogP contribution in [0.1, 0.15) is 52.9 Å². The van der Waals surface area contributed by atoms with Crippen molar-refractivity contribution in [3.63, 3.8) is 0 Å². The number of thiazole rings is 2. The number of alkyl carbamates (subject to hydrolysis) is 1. The molecular weight excluding hydrogens is 386 g/mol. The highest BCUT2D eigenvalue weighted by atomic mass is 32.1. The fourth-order valence-electron chi connectivity index (χ4n) is 2.16. The Hall–Kier alpha value is -2.26. The fourth-order valence-corrected chi connectivity index (χ4v) is 4.11. The number of carbonyl (C=O) groups excluding carboxylic acids is 2. The molecule has 0 spiro atoms. The summed E-state index contributed by atoms with van der Waals surface area (Å²) in [6.07, 6.45) is 1.22. The van der Waals surface area contributed by atoms with E-state index in [1.165, 1.54) is 29.8 Å². The zero-order valence-electron chi connectivity index (χ0n) is 16.4. The van der Waals surface area contributed by atoms with Crippen LogP contribution in [-0.4, -0.2) is 34.7 Å². The van der Waals surface area contributed by atoms with Gasteiger partial charge in [-0.25, -0.2) is 19.6 Å². The van der Waals surface area contributed by atoms with Crippen molar-refractivity contribution in [2.75, 3.05) is 7.11 Å². The number of nitrogens with zero attached hydrogens (tertiary/aromatic N) is 2. The van der Waals surface area contributed by atoms with Crippen LogP contribution in [0.25, 0.3) is 16.4 Å². The predicted octanol–water partition coefficient (Wildman–Crippen LogP) is 4.56. The summed E-state index contributed by atoms with van der Waals surface area (Å²) in [4.78, 5) is 34.5. The Labute approximate surface area is 166 Å². The second kappa shape index (κ2) is 8.18. The Morgan fingerprint density at radius 2 is 1.78 bits per heavy atom. The lowest BCUT2D eigenvalue weighted by Crippen LogP contribution is -2.31. The van der Waals surface area contributed by atoms with Gasteiger partial charge in [-0.05, 0) is 41.5 Å². The SMILES string of the molecule is C/C=C(\NC(=O)OC(C)(C)C)c1nc(-c2nc(C(=O)OC)c(C)s2)c(C)s1. The van der Waals surface area contributed by atoms with Crippen LogP contribution in [0.5, 0.6) is 0 Å². The second-order valence-electron chi connectivity index (χ2n) is 6.67. The van der Waals surface area contributed by atoms with Gasteiger partial charge in [0.25, 0.3) is 0 Å². The van der Waals surface area contributed by atoms with E-state index in [4.69, 9.17) is 9.47 Å². The first-order valence-electron chi connectivity index (χ1n) is 8.26. The summed E-state index contributed by atoms with van der Waals surface area (Å²) in [6.45, 7) is 11.0. The molecule has 146 valence electrons.